The van der Waals surface area contributed by atoms with Crippen LogP contribution in [0.25, 0.3) is 0 Å². The third-order valence-electron chi connectivity index (χ3n) is 10.5. The second-order valence-corrected chi connectivity index (χ2v) is 11.9. The largest absolute Gasteiger partial charge is 0.414 e. The van der Waals surface area contributed by atoms with E-state index in [9.17, 15) is 23.4 Å². The molecule has 4 fully saturated rings. The summed E-state index contributed by atoms with van der Waals surface area (Å²) in [6, 6.07) is 0. The Morgan fingerprint density at radius 1 is 0.969 bits per heavy atom. The van der Waals surface area contributed by atoms with Crippen LogP contribution in [0.3, 0.4) is 0 Å². The molecule has 4 saturated carbocycles. The normalized spacial score (nSPS) is 46.9. The van der Waals surface area contributed by atoms with Gasteiger partial charge in [0.25, 0.3) is 0 Å². The van der Waals surface area contributed by atoms with Crippen LogP contribution in [0.1, 0.15) is 105 Å². The Labute approximate surface area is 193 Å². The highest BCUT2D eigenvalue weighted by Gasteiger charge is 2.61. The zero-order valence-corrected chi connectivity index (χ0v) is 20.9. The molecule has 0 aliphatic heterocycles. The van der Waals surface area contributed by atoms with Gasteiger partial charge in [-0.05, 0) is 111 Å². The Morgan fingerprint density at radius 3 is 2.28 bits per heavy atom. The number of rotatable bonds is 4. The van der Waals surface area contributed by atoms with Crippen LogP contribution in [-0.2, 0) is 0 Å². The first-order chi connectivity index (χ1) is 15.0. The molecule has 4 aliphatic rings. The maximum absolute atomic E-state index is 12.7. The van der Waals surface area contributed by atoms with E-state index in [0.29, 0.717) is 35.5 Å². The van der Waals surface area contributed by atoms with Crippen molar-refractivity contribution in [3.05, 3.63) is 0 Å². The van der Waals surface area contributed by atoms with Gasteiger partial charge in [0, 0.05) is 0 Å². The number of fused-ring (bicyclic) bond motifs is 5. The summed E-state index contributed by atoms with van der Waals surface area (Å²) < 4.78 is 38.0. The molecule has 32 heavy (non-hydrogen) atoms. The molecular weight excluding hydrogens is 413 g/mol. The number of aliphatic hydroxyl groups excluding tert-OH is 2. The molecule has 0 bridgehead atoms. The molecule has 4 aliphatic carbocycles. The highest BCUT2D eigenvalue weighted by molar-refractivity contribution is 5.10. The van der Waals surface area contributed by atoms with Crippen molar-refractivity contribution in [2.45, 2.75) is 124 Å². The lowest BCUT2D eigenvalue weighted by Gasteiger charge is -2.61. The summed E-state index contributed by atoms with van der Waals surface area (Å²) in [7, 11) is 0. The maximum atomic E-state index is 12.7. The summed E-state index contributed by atoms with van der Waals surface area (Å²) in [4.78, 5) is 0. The second-order valence-electron chi connectivity index (χ2n) is 11.9. The van der Waals surface area contributed by atoms with Crippen LogP contribution in [0.5, 0.6) is 0 Å². The lowest BCUT2D eigenvalue weighted by molar-refractivity contribution is -0.205. The van der Waals surface area contributed by atoms with Crippen molar-refractivity contribution in [3.63, 3.8) is 0 Å². The monoisotopic (exact) mass is 460 g/mol. The van der Waals surface area contributed by atoms with Gasteiger partial charge in [-0.25, -0.2) is 0 Å². The lowest BCUT2D eigenvalue weighted by Crippen LogP contribution is -2.54. The van der Waals surface area contributed by atoms with Gasteiger partial charge in [-0.3, -0.25) is 0 Å². The first-order valence-corrected chi connectivity index (χ1v) is 13.4. The number of alkyl halides is 3. The third-order valence-corrected chi connectivity index (χ3v) is 10.5. The molecule has 4 rings (SSSR count). The molecule has 188 valence electrons. The van der Waals surface area contributed by atoms with Crippen molar-refractivity contribution in [2.24, 2.45) is 46.3 Å². The van der Waals surface area contributed by atoms with Gasteiger partial charge in [-0.15, -0.1) is 0 Å². The summed E-state index contributed by atoms with van der Waals surface area (Å²) in [6.45, 7) is 11.3. The topological polar surface area (TPSA) is 40.5 Å². The molecule has 0 aromatic rings. The van der Waals surface area contributed by atoms with Crippen molar-refractivity contribution in [3.8, 4) is 0 Å². The Morgan fingerprint density at radius 2 is 1.62 bits per heavy atom. The van der Waals surface area contributed by atoms with Crippen LogP contribution in [0, 0.1) is 46.3 Å². The van der Waals surface area contributed by atoms with Crippen LogP contribution < -0.4 is 0 Å². The summed E-state index contributed by atoms with van der Waals surface area (Å²) in [6.07, 6.45) is 3.47. The molecule has 5 heteroatoms. The van der Waals surface area contributed by atoms with E-state index in [0.717, 1.165) is 43.9 Å². The van der Waals surface area contributed by atoms with Gasteiger partial charge >= 0.3 is 6.18 Å². The number of halogens is 3. The molecule has 0 saturated heterocycles. The molecule has 0 spiro atoms. The summed E-state index contributed by atoms with van der Waals surface area (Å²) in [5.74, 6) is 3.94. The fourth-order valence-corrected chi connectivity index (χ4v) is 9.09. The van der Waals surface area contributed by atoms with Crippen LogP contribution in [-0.4, -0.2) is 28.6 Å². The van der Waals surface area contributed by atoms with Crippen LogP contribution >= 0.6 is 0 Å². The van der Waals surface area contributed by atoms with Crippen molar-refractivity contribution < 1.29 is 23.4 Å². The van der Waals surface area contributed by atoms with Crippen molar-refractivity contribution >= 4 is 0 Å². The van der Waals surface area contributed by atoms with Crippen LogP contribution in [0.4, 0.5) is 13.2 Å². The first-order valence-electron chi connectivity index (χ1n) is 13.4. The summed E-state index contributed by atoms with van der Waals surface area (Å²) >= 11 is 0. The molecule has 0 radical (unpaired) electrons. The van der Waals surface area contributed by atoms with Gasteiger partial charge in [0.2, 0.25) is 0 Å². The molecule has 0 heterocycles. The minimum Gasteiger partial charge on any atom is -0.393 e. The van der Waals surface area contributed by atoms with E-state index in [1.807, 2.05) is 13.8 Å². The smallest absolute Gasteiger partial charge is 0.393 e. The van der Waals surface area contributed by atoms with Gasteiger partial charge in [0.05, 0.1) is 6.10 Å². The Balaban J connectivity index is 0.00000141. The van der Waals surface area contributed by atoms with Gasteiger partial charge in [-0.2, -0.15) is 13.2 Å². The Bertz CT molecular complexity index is 623. The van der Waals surface area contributed by atoms with Crippen LogP contribution in [0.15, 0.2) is 0 Å². The van der Waals surface area contributed by atoms with Crippen molar-refractivity contribution in [1.29, 1.82) is 0 Å². The molecule has 0 amide bonds. The third kappa shape index (κ3) is 4.63. The van der Waals surface area contributed by atoms with Gasteiger partial charge in [0.1, 0.15) is 6.10 Å². The van der Waals surface area contributed by atoms with Crippen molar-refractivity contribution in [2.75, 3.05) is 0 Å². The fraction of sp³-hybridized carbons (Fsp3) is 1.00. The van der Waals surface area contributed by atoms with Gasteiger partial charge < -0.3 is 10.2 Å². The Hall–Kier alpha value is -0.290. The van der Waals surface area contributed by atoms with Gasteiger partial charge in [0.15, 0.2) is 0 Å². The molecule has 2 nitrogen and oxygen atoms in total. The highest BCUT2D eigenvalue weighted by atomic mass is 19.4. The molecular formula is C27H47F3O2. The second kappa shape index (κ2) is 9.76. The summed E-state index contributed by atoms with van der Waals surface area (Å²) in [5, 5.41) is 19.6. The lowest BCUT2D eigenvalue weighted by atomic mass is 9.44. The molecule has 2 N–H and O–H groups in total. The number of aliphatic hydroxyl groups is 2. The summed E-state index contributed by atoms with van der Waals surface area (Å²) in [5.41, 5.74) is 0.596. The molecule has 0 aromatic heterocycles. The zero-order valence-electron chi connectivity index (χ0n) is 20.9. The Kier molecular flexibility index (Phi) is 8.02. The van der Waals surface area contributed by atoms with E-state index < -0.39 is 12.3 Å². The SMILES string of the molecule is CC.CC1CC(CCCC(O)C(F)(F)F)C2(C)CCC3C(CCC4CC(O)CCC43C)C12. The molecule has 10 atom stereocenters. The van der Waals surface area contributed by atoms with E-state index in [1.165, 1.54) is 25.7 Å². The van der Waals surface area contributed by atoms with E-state index in [4.69, 9.17) is 0 Å². The quantitative estimate of drug-likeness (QED) is 0.460. The predicted octanol–water partition coefficient (Wildman–Crippen LogP) is 7.37. The standard InChI is InChI=1S/C25H41F3O2.C2H6/c1-15-13-16(5-4-6-21(30)25(26,27)28)24(3)12-10-20-19(22(15)24)8-7-17-14-18(29)9-11-23(17,20)2;1-2/h15-22,29-30H,4-14H2,1-3H3;1-2H3. The van der Waals surface area contributed by atoms with E-state index in [-0.39, 0.29) is 17.9 Å². The minimum atomic E-state index is -4.49. The first kappa shape index (κ1) is 26.3. The van der Waals surface area contributed by atoms with E-state index in [1.54, 1.807) is 0 Å². The van der Waals surface area contributed by atoms with Crippen molar-refractivity contribution in [1.82, 2.24) is 0 Å². The zero-order chi connectivity index (χ0) is 23.9. The van der Waals surface area contributed by atoms with Gasteiger partial charge in [-0.1, -0.05) is 41.0 Å². The fourth-order valence-electron chi connectivity index (χ4n) is 9.09. The molecule has 10 unspecified atom stereocenters. The van der Waals surface area contributed by atoms with Crippen LogP contribution in [0.2, 0.25) is 0 Å². The van der Waals surface area contributed by atoms with E-state index in [2.05, 4.69) is 20.8 Å². The minimum absolute atomic E-state index is 0.115. The highest BCUT2D eigenvalue weighted by Crippen LogP contribution is 2.69. The molecule has 0 aromatic carbocycles. The van der Waals surface area contributed by atoms with E-state index >= 15 is 0 Å². The number of hydrogen-bond donors (Lipinski definition) is 2. The predicted molar refractivity (Wildman–Crippen MR) is 123 cm³/mol. The average molecular weight is 461 g/mol. The number of hydrogen-bond acceptors (Lipinski definition) is 2. The maximum Gasteiger partial charge on any atom is 0.414 e. The average Bonchev–Trinajstić information content (AvgIpc) is 2.99.